The van der Waals surface area contributed by atoms with Gasteiger partial charge in [-0.15, -0.1) is 10.2 Å². The molecule has 2 bridgehead atoms. The number of fused-ring (bicyclic) bond motifs is 2. The lowest BCUT2D eigenvalue weighted by molar-refractivity contribution is 0.312. The van der Waals surface area contributed by atoms with Crippen molar-refractivity contribution < 1.29 is 5.11 Å². The minimum Gasteiger partial charge on any atom is -0.507 e. The molecular weight excluding hydrogens is 372 g/mol. The van der Waals surface area contributed by atoms with E-state index < -0.39 is 0 Å². The highest BCUT2D eigenvalue weighted by Crippen LogP contribution is 2.43. The molecule has 0 saturated heterocycles. The summed E-state index contributed by atoms with van der Waals surface area (Å²) in [7, 11) is 2.14. The van der Waals surface area contributed by atoms with Gasteiger partial charge in [0.25, 0.3) is 0 Å². The lowest BCUT2D eigenvalue weighted by Gasteiger charge is -2.35. The smallest absolute Gasteiger partial charge is 0.151 e. The summed E-state index contributed by atoms with van der Waals surface area (Å²) in [5.74, 6) is 2.89. The number of pyridine rings is 1. The summed E-state index contributed by atoms with van der Waals surface area (Å²) in [4.78, 5) is 6.64. The Kier molecular flexibility index (Phi) is 4.89. The van der Waals surface area contributed by atoms with Crippen molar-refractivity contribution in [3.8, 4) is 28.1 Å². The van der Waals surface area contributed by atoms with Gasteiger partial charge >= 0.3 is 0 Å². The van der Waals surface area contributed by atoms with E-state index in [1.165, 1.54) is 32.1 Å². The fourth-order valence-corrected chi connectivity index (χ4v) is 5.20. The van der Waals surface area contributed by atoms with Crippen molar-refractivity contribution in [1.29, 1.82) is 0 Å². The SMILES string of the molecule is Cc1ccc(-c2ccc(-c3ccc(N(C)C4C[C@H]5CC[C@@H](C4)C5)nn3)c(O)c2)cn1. The molecule has 0 spiro atoms. The van der Waals surface area contributed by atoms with Gasteiger partial charge in [0.05, 0.1) is 5.69 Å². The Bertz CT molecular complexity index is 1020. The topological polar surface area (TPSA) is 62.1 Å². The molecule has 2 aromatic heterocycles. The quantitative estimate of drug-likeness (QED) is 0.649. The molecule has 1 aromatic carbocycles. The first-order valence-electron chi connectivity index (χ1n) is 10.9. The number of aromatic hydroxyl groups is 1. The van der Waals surface area contributed by atoms with Crippen LogP contribution < -0.4 is 4.90 Å². The van der Waals surface area contributed by atoms with Gasteiger partial charge in [0.2, 0.25) is 0 Å². The van der Waals surface area contributed by atoms with E-state index in [0.29, 0.717) is 17.3 Å². The van der Waals surface area contributed by atoms with Crippen LogP contribution in [0.3, 0.4) is 0 Å². The lowest BCUT2D eigenvalue weighted by Crippen LogP contribution is -2.37. The molecule has 1 unspecified atom stereocenters. The van der Waals surface area contributed by atoms with Gasteiger partial charge in [-0.3, -0.25) is 4.98 Å². The molecule has 3 atom stereocenters. The summed E-state index contributed by atoms with van der Waals surface area (Å²) in [6, 6.07) is 14.2. The van der Waals surface area contributed by atoms with Crippen LogP contribution >= 0.6 is 0 Å². The highest BCUT2D eigenvalue weighted by Gasteiger charge is 2.36. The summed E-state index contributed by atoms with van der Waals surface area (Å²) >= 11 is 0. The van der Waals surface area contributed by atoms with Crippen molar-refractivity contribution in [2.75, 3.05) is 11.9 Å². The minimum absolute atomic E-state index is 0.201. The summed E-state index contributed by atoms with van der Waals surface area (Å²) in [6.45, 7) is 1.96. The second kappa shape index (κ2) is 7.71. The Morgan fingerprint density at radius 3 is 2.30 bits per heavy atom. The van der Waals surface area contributed by atoms with Crippen LogP contribution in [0.5, 0.6) is 5.75 Å². The van der Waals surface area contributed by atoms with E-state index in [9.17, 15) is 5.11 Å². The third kappa shape index (κ3) is 3.64. The highest BCUT2D eigenvalue weighted by molar-refractivity contribution is 5.74. The minimum atomic E-state index is 0.201. The lowest BCUT2D eigenvalue weighted by atomic mass is 9.85. The maximum atomic E-state index is 10.6. The maximum absolute atomic E-state index is 10.6. The highest BCUT2D eigenvalue weighted by atomic mass is 16.3. The van der Waals surface area contributed by atoms with Gasteiger partial charge in [0.1, 0.15) is 5.75 Å². The zero-order valence-electron chi connectivity index (χ0n) is 17.6. The first kappa shape index (κ1) is 19.0. The molecule has 0 amide bonds. The van der Waals surface area contributed by atoms with Crippen molar-refractivity contribution in [2.45, 2.75) is 45.1 Å². The molecule has 5 nitrogen and oxygen atoms in total. The Morgan fingerprint density at radius 2 is 1.67 bits per heavy atom. The third-order valence-corrected chi connectivity index (χ3v) is 6.94. The summed E-state index contributed by atoms with van der Waals surface area (Å²) in [6.07, 6.45) is 8.58. The first-order chi connectivity index (χ1) is 14.6. The number of aromatic nitrogens is 3. The Hall–Kier alpha value is -2.95. The molecule has 154 valence electrons. The van der Waals surface area contributed by atoms with Crippen LogP contribution in [0.1, 0.15) is 37.8 Å². The average Bonchev–Trinajstić information content (AvgIpc) is 3.11. The van der Waals surface area contributed by atoms with E-state index in [1.807, 2.05) is 49.5 Å². The molecule has 2 saturated carbocycles. The van der Waals surface area contributed by atoms with Gasteiger partial charge in [-0.25, -0.2) is 0 Å². The number of nitrogens with zero attached hydrogens (tertiary/aromatic N) is 4. The van der Waals surface area contributed by atoms with Crippen molar-refractivity contribution in [3.63, 3.8) is 0 Å². The van der Waals surface area contributed by atoms with Gasteiger partial charge in [-0.2, -0.15) is 0 Å². The van der Waals surface area contributed by atoms with Gasteiger partial charge in [0.15, 0.2) is 5.82 Å². The molecule has 2 heterocycles. The van der Waals surface area contributed by atoms with Crippen molar-refractivity contribution in [2.24, 2.45) is 11.8 Å². The predicted octanol–water partition coefficient (Wildman–Crippen LogP) is 5.23. The fraction of sp³-hybridized carbons (Fsp3) is 0.400. The molecule has 2 fully saturated rings. The van der Waals surface area contributed by atoms with Crippen LogP contribution in [0.4, 0.5) is 5.82 Å². The number of benzene rings is 1. The molecule has 30 heavy (non-hydrogen) atoms. The number of hydrogen-bond acceptors (Lipinski definition) is 5. The van der Waals surface area contributed by atoms with Crippen molar-refractivity contribution in [1.82, 2.24) is 15.2 Å². The van der Waals surface area contributed by atoms with Crippen LogP contribution in [-0.4, -0.2) is 33.4 Å². The molecule has 3 aromatic rings. The van der Waals surface area contributed by atoms with E-state index >= 15 is 0 Å². The monoisotopic (exact) mass is 400 g/mol. The zero-order chi connectivity index (χ0) is 20.7. The average molecular weight is 401 g/mol. The largest absolute Gasteiger partial charge is 0.507 e. The third-order valence-electron chi connectivity index (χ3n) is 6.94. The molecule has 2 aliphatic rings. The molecule has 5 heteroatoms. The molecule has 0 radical (unpaired) electrons. The predicted molar refractivity (Wildman–Crippen MR) is 119 cm³/mol. The standard InChI is InChI=1S/C25H28N4O/c1-16-3-6-20(15-26-16)19-7-8-22(24(30)14-19)23-9-10-25(28-27-23)29(2)21-12-17-4-5-18(11-17)13-21/h3,6-10,14-15,17-18,21,30H,4-5,11-13H2,1-2H3/t17-,18+,21?. The Morgan fingerprint density at radius 1 is 0.900 bits per heavy atom. The van der Waals surface area contributed by atoms with Gasteiger partial charge in [-0.1, -0.05) is 25.0 Å². The van der Waals surface area contributed by atoms with Crippen LogP contribution in [0.25, 0.3) is 22.4 Å². The van der Waals surface area contributed by atoms with Crippen molar-refractivity contribution in [3.05, 3.63) is 54.4 Å². The summed E-state index contributed by atoms with van der Waals surface area (Å²) in [5, 5.41) is 19.5. The second-order valence-electron chi connectivity index (χ2n) is 8.98. The molecular formula is C25H28N4O. The van der Waals surface area contributed by atoms with E-state index in [-0.39, 0.29) is 5.75 Å². The number of phenols is 1. The summed E-state index contributed by atoms with van der Waals surface area (Å²) < 4.78 is 0. The molecule has 0 aliphatic heterocycles. The van der Waals surface area contributed by atoms with Gasteiger partial charge < -0.3 is 10.0 Å². The number of hydrogen-bond donors (Lipinski definition) is 1. The van der Waals surface area contributed by atoms with E-state index in [2.05, 4.69) is 27.1 Å². The molecule has 1 N–H and O–H groups in total. The van der Waals surface area contributed by atoms with Crippen LogP contribution in [0.15, 0.2) is 48.7 Å². The van der Waals surface area contributed by atoms with Gasteiger partial charge in [-0.05, 0) is 73.9 Å². The maximum Gasteiger partial charge on any atom is 0.151 e. The Labute approximate surface area is 177 Å². The number of anilines is 1. The normalized spacial score (nSPS) is 22.8. The van der Waals surface area contributed by atoms with Crippen LogP contribution in [0.2, 0.25) is 0 Å². The van der Waals surface area contributed by atoms with E-state index in [0.717, 1.165) is 34.5 Å². The summed E-state index contributed by atoms with van der Waals surface area (Å²) in [5.41, 5.74) is 4.26. The van der Waals surface area contributed by atoms with Crippen LogP contribution in [0, 0.1) is 18.8 Å². The van der Waals surface area contributed by atoms with E-state index in [4.69, 9.17) is 0 Å². The number of rotatable bonds is 4. The molecule has 2 aliphatic carbocycles. The number of phenolic OH excluding ortho intramolecular Hbond substituents is 1. The van der Waals surface area contributed by atoms with E-state index in [1.54, 1.807) is 6.07 Å². The fourth-order valence-electron chi connectivity index (χ4n) is 5.20. The Balaban J connectivity index is 1.34. The first-order valence-corrected chi connectivity index (χ1v) is 10.9. The van der Waals surface area contributed by atoms with Gasteiger partial charge in [0, 0.05) is 36.1 Å². The van der Waals surface area contributed by atoms with Crippen molar-refractivity contribution >= 4 is 5.82 Å². The number of aryl methyl sites for hydroxylation is 1. The second-order valence-corrected chi connectivity index (χ2v) is 8.98. The molecule has 5 rings (SSSR count). The zero-order valence-corrected chi connectivity index (χ0v) is 17.6. The van der Waals surface area contributed by atoms with Crippen LogP contribution in [-0.2, 0) is 0 Å².